The van der Waals surface area contributed by atoms with E-state index in [-0.39, 0.29) is 20.9 Å². The van der Waals surface area contributed by atoms with E-state index < -0.39 is 0 Å². The number of esters is 2. The lowest BCUT2D eigenvalue weighted by Crippen LogP contribution is -2.00. The zero-order valence-corrected chi connectivity index (χ0v) is 23.9. The van der Waals surface area contributed by atoms with Crippen LogP contribution in [0.25, 0.3) is 21.5 Å². The Morgan fingerprint density at radius 1 is 0.657 bits per heavy atom. The summed E-state index contributed by atoms with van der Waals surface area (Å²) in [5.41, 5.74) is 1.03. The minimum absolute atomic E-state index is 0.185. The highest BCUT2D eigenvalue weighted by Crippen LogP contribution is 2.23. The third-order valence-corrected chi connectivity index (χ3v) is 4.71. The first-order chi connectivity index (χ1) is 16.7. The molecule has 0 radical (unpaired) electrons. The summed E-state index contributed by atoms with van der Waals surface area (Å²) >= 11 is 9.31. The molecule has 4 rings (SSSR count). The largest absolute Gasteiger partial charge is 0.508 e. The molecule has 1 N–H and O–H groups in total. The van der Waals surface area contributed by atoms with Crippen molar-refractivity contribution in [1.29, 1.82) is 0 Å². The first-order valence-corrected chi connectivity index (χ1v) is 12.8. The summed E-state index contributed by atoms with van der Waals surface area (Å²) in [4.78, 5) is 22.6. The fraction of sp³-hybridized carbons (Fsp3) is 0.120. The van der Waals surface area contributed by atoms with E-state index in [9.17, 15) is 14.7 Å². The molecule has 0 atom stereocenters. The summed E-state index contributed by atoms with van der Waals surface area (Å²) in [6, 6.07) is 21.4. The van der Waals surface area contributed by atoms with Crippen LogP contribution in [0, 0.1) is 0 Å². The fourth-order valence-corrected chi connectivity index (χ4v) is 3.08. The van der Waals surface area contributed by atoms with E-state index in [2.05, 4.69) is 56.7 Å². The van der Waals surface area contributed by atoms with E-state index in [1.54, 1.807) is 49.6 Å². The quantitative estimate of drug-likeness (QED) is 0.185. The second kappa shape index (κ2) is 14.1. The maximum atomic E-state index is 11.4. The van der Waals surface area contributed by atoms with Gasteiger partial charge in [0.2, 0.25) is 0 Å². The van der Waals surface area contributed by atoms with Gasteiger partial charge in [0.1, 0.15) is 11.5 Å². The van der Waals surface area contributed by atoms with Crippen LogP contribution in [-0.4, -0.2) is 41.6 Å². The molecule has 4 aromatic rings. The lowest BCUT2D eigenvalue weighted by Gasteiger charge is -2.04. The van der Waals surface area contributed by atoms with Gasteiger partial charge in [-0.05, 0) is 70.1 Å². The molecule has 0 fully saturated rings. The lowest BCUT2D eigenvalue weighted by molar-refractivity contribution is 0.0592. The molecule has 4 aromatic carbocycles. The van der Waals surface area contributed by atoms with Gasteiger partial charge in [0.05, 0.1) is 32.5 Å². The number of carbonyl (C=O) groups is 2. The highest BCUT2D eigenvalue weighted by Gasteiger charge is 2.07. The Labute approximate surface area is 228 Å². The van der Waals surface area contributed by atoms with Gasteiger partial charge in [-0.25, -0.2) is 9.59 Å². The number of hydrogen-bond acceptors (Lipinski definition) is 6. The minimum Gasteiger partial charge on any atom is -0.508 e. The molecule has 0 bridgehead atoms. The second-order valence-electron chi connectivity index (χ2n) is 6.90. The highest BCUT2D eigenvalue weighted by molar-refractivity contribution is 9.69. The van der Waals surface area contributed by atoms with Crippen LogP contribution >= 0.6 is 47.3 Å². The van der Waals surface area contributed by atoms with Crippen LogP contribution in [0.1, 0.15) is 20.7 Å². The second-order valence-corrected chi connectivity index (χ2v) is 13.3. The summed E-state index contributed by atoms with van der Waals surface area (Å²) in [6.07, 6.45) is 0. The number of halogens is 3. The number of phenolic OH excluding ortho intramolecular Hbond substituents is 1. The Kier molecular flexibility index (Phi) is 11.6. The van der Waals surface area contributed by atoms with Crippen molar-refractivity contribution >= 4 is 83.9 Å². The molecule has 0 saturated carbocycles. The normalized spacial score (nSPS) is 9.77. The van der Waals surface area contributed by atoms with Gasteiger partial charge >= 0.3 is 15.1 Å². The van der Waals surface area contributed by atoms with Crippen LogP contribution in [0.5, 0.6) is 11.5 Å². The zero-order valence-electron chi connectivity index (χ0n) is 19.1. The van der Waals surface area contributed by atoms with E-state index in [1.807, 2.05) is 30.3 Å². The molecule has 0 amide bonds. The summed E-state index contributed by atoms with van der Waals surface area (Å²) in [7, 11) is 4.33. The Hall–Kier alpha value is -2.56. The first-order valence-electron chi connectivity index (χ1n) is 10.1. The molecule has 0 spiro atoms. The van der Waals surface area contributed by atoms with E-state index in [0.717, 1.165) is 27.3 Å². The molecule has 0 aromatic heterocycles. The Morgan fingerprint density at radius 3 is 1.54 bits per heavy atom. The molecule has 35 heavy (non-hydrogen) atoms. The van der Waals surface area contributed by atoms with Gasteiger partial charge in [-0.2, -0.15) is 0 Å². The van der Waals surface area contributed by atoms with Crippen molar-refractivity contribution in [2.75, 3.05) is 21.3 Å². The van der Waals surface area contributed by atoms with E-state index >= 15 is 0 Å². The van der Waals surface area contributed by atoms with Crippen LogP contribution in [0.2, 0.25) is 0 Å². The van der Waals surface area contributed by atoms with Crippen molar-refractivity contribution in [1.82, 2.24) is 0 Å². The molecule has 10 heteroatoms. The van der Waals surface area contributed by atoms with E-state index in [4.69, 9.17) is 4.74 Å². The molecule has 0 aliphatic heterocycles. The smallest absolute Gasteiger partial charge is 0.369 e. The molecule has 0 unspecified atom stereocenters. The standard InChI is InChI=1S/C13H12O3.C12H10O3.BBr3/c1-15-12-6-5-9-3-4-10(13(14)16-2)7-11(9)8-12;1-15-12(14)9-3-2-8-4-5-11(13)7-10(8)6-9;2-1(3)4/h3-8H,1-2H3;2-7,13H,1H3;. The van der Waals surface area contributed by atoms with Gasteiger partial charge in [-0.3, -0.25) is 0 Å². The predicted octanol–water partition coefficient (Wildman–Crippen LogP) is 7.12. The minimum atomic E-state index is -0.375. The number of aromatic hydroxyl groups is 1. The summed E-state index contributed by atoms with van der Waals surface area (Å²) in [5, 5.41) is 13.1. The molecular formula is C25H22BBr3O6. The van der Waals surface area contributed by atoms with Crippen molar-refractivity contribution in [3.8, 4) is 11.5 Å². The monoisotopic (exact) mass is 666 g/mol. The van der Waals surface area contributed by atoms with Gasteiger partial charge in [-0.1, -0.05) is 24.3 Å². The van der Waals surface area contributed by atoms with Gasteiger partial charge in [-0.15, -0.1) is 47.3 Å². The van der Waals surface area contributed by atoms with Crippen molar-refractivity contribution in [2.45, 2.75) is 0 Å². The number of phenols is 1. The van der Waals surface area contributed by atoms with Crippen LogP contribution in [0.3, 0.4) is 0 Å². The molecule has 0 heterocycles. The lowest BCUT2D eigenvalue weighted by atomic mass is 10.1. The van der Waals surface area contributed by atoms with Crippen molar-refractivity contribution in [2.24, 2.45) is 0 Å². The number of ether oxygens (including phenoxy) is 3. The number of fused-ring (bicyclic) bond motifs is 2. The van der Waals surface area contributed by atoms with Gasteiger partial charge in [0.25, 0.3) is 0 Å². The summed E-state index contributed by atoms with van der Waals surface area (Å²) < 4.78 is 14.7. The SMILES string of the molecule is BrB(Br)Br.COC(=O)c1ccc2ccc(O)cc2c1.COC(=O)c1ccc2ccc(OC)cc2c1. The molecule has 182 valence electrons. The van der Waals surface area contributed by atoms with Crippen LogP contribution < -0.4 is 4.74 Å². The van der Waals surface area contributed by atoms with Crippen molar-refractivity contribution in [3.63, 3.8) is 0 Å². The van der Waals surface area contributed by atoms with Crippen LogP contribution in [-0.2, 0) is 9.47 Å². The van der Waals surface area contributed by atoms with Gasteiger partial charge < -0.3 is 19.3 Å². The Balaban J connectivity index is 0.000000215. The first kappa shape index (κ1) is 28.7. The average Bonchev–Trinajstić information content (AvgIpc) is 2.86. The average molecular weight is 669 g/mol. The van der Waals surface area contributed by atoms with Crippen molar-refractivity contribution < 1.29 is 28.9 Å². The summed E-state index contributed by atoms with van der Waals surface area (Å²) in [5.74, 6) is 0.254. The molecular weight excluding hydrogens is 647 g/mol. The number of benzene rings is 4. The number of methoxy groups -OCH3 is 3. The van der Waals surface area contributed by atoms with Crippen molar-refractivity contribution in [3.05, 3.63) is 83.9 Å². The van der Waals surface area contributed by atoms with Gasteiger partial charge in [0, 0.05) is 0 Å². The highest BCUT2D eigenvalue weighted by atomic mass is 79.9. The van der Waals surface area contributed by atoms with E-state index in [1.165, 1.54) is 14.2 Å². The third kappa shape index (κ3) is 8.87. The zero-order chi connectivity index (χ0) is 26.0. The third-order valence-electron chi connectivity index (χ3n) is 4.71. The molecule has 0 aliphatic carbocycles. The topological polar surface area (TPSA) is 82.1 Å². The van der Waals surface area contributed by atoms with Crippen LogP contribution in [0.15, 0.2) is 72.8 Å². The van der Waals surface area contributed by atoms with Gasteiger partial charge in [0.15, 0.2) is 0 Å². The fourth-order valence-electron chi connectivity index (χ4n) is 3.08. The number of hydrogen-bond donors (Lipinski definition) is 1. The number of rotatable bonds is 3. The molecule has 0 saturated heterocycles. The Morgan fingerprint density at radius 2 is 1.09 bits per heavy atom. The molecule has 0 aliphatic rings. The molecule has 6 nitrogen and oxygen atoms in total. The number of carbonyl (C=O) groups excluding carboxylic acids is 2. The Bertz CT molecular complexity index is 1310. The maximum absolute atomic E-state index is 11.4. The predicted molar refractivity (Wildman–Crippen MR) is 151 cm³/mol. The van der Waals surface area contributed by atoms with Crippen LogP contribution in [0.4, 0.5) is 0 Å². The maximum Gasteiger partial charge on any atom is 0.369 e. The summed E-state index contributed by atoms with van der Waals surface area (Å²) in [6.45, 7) is 0. The van der Waals surface area contributed by atoms with E-state index in [0.29, 0.717) is 11.1 Å².